The average Bonchev–Trinajstić information content (AvgIpc) is 2.59. The molecule has 2 rings (SSSR count). The molecular weight excluding hydrogens is 192 g/mol. The average molecular weight is 208 g/mol. The maximum atomic E-state index is 11.6. The molecule has 2 atom stereocenters. The Morgan fingerprint density at radius 1 is 1.50 bits per heavy atom. The molecule has 0 aromatic heterocycles. The minimum Gasteiger partial charge on any atom is -0.255 e. The normalized spacial score (nSPS) is 22.0. The first kappa shape index (κ1) is 9.91. The van der Waals surface area contributed by atoms with Crippen molar-refractivity contribution < 1.29 is 4.21 Å². The molecule has 1 aliphatic carbocycles. The summed E-state index contributed by atoms with van der Waals surface area (Å²) >= 11 is 0. The third-order valence-corrected chi connectivity index (χ3v) is 4.10. The van der Waals surface area contributed by atoms with Crippen LogP contribution in [0.1, 0.15) is 36.8 Å². The molecule has 0 N–H and O–H groups in total. The first-order chi connectivity index (χ1) is 6.74. The van der Waals surface area contributed by atoms with Gasteiger partial charge in [-0.15, -0.1) is 0 Å². The van der Waals surface area contributed by atoms with Crippen molar-refractivity contribution in [1.82, 2.24) is 0 Å². The molecule has 1 aliphatic rings. The molecule has 0 saturated heterocycles. The summed E-state index contributed by atoms with van der Waals surface area (Å²) in [6, 6.07) is 6.23. The summed E-state index contributed by atoms with van der Waals surface area (Å²) in [4.78, 5) is 1.06. The second kappa shape index (κ2) is 3.85. The van der Waals surface area contributed by atoms with Crippen LogP contribution in [0, 0.1) is 0 Å². The SMILES string of the molecule is CCC1CCc2cccc(S(C)=O)c21. The first-order valence-corrected chi connectivity index (χ1v) is 6.75. The largest absolute Gasteiger partial charge is 0.255 e. The number of hydrogen-bond acceptors (Lipinski definition) is 1. The molecule has 2 unspecified atom stereocenters. The van der Waals surface area contributed by atoms with E-state index in [9.17, 15) is 4.21 Å². The van der Waals surface area contributed by atoms with E-state index < -0.39 is 10.8 Å². The van der Waals surface area contributed by atoms with Crippen LogP contribution < -0.4 is 0 Å². The lowest BCUT2D eigenvalue weighted by Crippen LogP contribution is -1.99. The van der Waals surface area contributed by atoms with Gasteiger partial charge in [-0.2, -0.15) is 0 Å². The van der Waals surface area contributed by atoms with Crippen molar-refractivity contribution in [2.45, 2.75) is 37.0 Å². The highest BCUT2D eigenvalue weighted by molar-refractivity contribution is 7.84. The van der Waals surface area contributed by atoms with Crippen molar-refractivity contribution in [2.75, 3.05) is 6.26 Å². The van der Waals surface area contributed by atoms with Gasteiger partial charge in [0.05, 0.1) is 10.8 Å². The van der Waals surface area contributed by atoms with Gasteiger partial charge in [0.1, 0.15) is 0 Å². The van der Waals surface area contributed by atoms with Crippen molar-refractivity contribution in [3.8, 4) is 0 Å². The van der Waals surface area contributed by atoms with E-state index in [0.717, 1.165) is 4.90 Å². The van der Waals surface area contributed by atoms with Crippen LogP contribution in [0.15, 0.2) is 23.1 Å². The number of benzene rings is 1. The van der Waals surface area contributed by atoms with Crippen molar-refractivity contribution in [3.63, 3.8) is 0 Å². The number of fused-ring (bicyclic) bond motifs is 1. The molecule has 2 heteroatoms. The molecular formula is C12H16OS. The summed E-state index contributed by atoms with van der Waals surface area (Å²) in [7, 11) is -0.833. The van der Waals surface area contributed by atoms with Gasteiger partial charge in [0, 0.05) is 11.2 Å². The molecule has 0 radical (unpaired) electrons. The van der Waals surface area contributed by atoms with E-state index in [1.165, 1.54) is 30.4 Å². The van der Waals surface area contributed by atoms with Crippen LogP contribution in [0.5, 0.6) is 0 Å². The van der Waals surface area contributed by atoms with E-state index in [-0.39, 0.29) is 0 Å². The number of hydrogen-bond donors (Lipinski definition) is 0. The van der Waals surface area contributed by atoms with Crippen LogP contribution in [0.4, 0.5) is 0 Å². The monoisotopic (exact) mass is 208 g/mol. The molecule has 0 fully saturated rings. The molecule has 76 valence electrons. The summed E-state index contributed by atoms with van der Waals surface area (Å²) in [5.41, 5.74) is 2.81. The summed E-state index contributed by atoms with van der Waals surface area (Å²) in [6.45, 7) is 2.22. The zero-order chi connectivity index (χ0) is 10.1. The second-order valence-electron chi connectivity index (χ2n) is 3.93. The summed E-state index contributed by atoms with van der Waals surface area (Å²) < 4.78 is 11.6. The summed E-state index contributed by atoms with van der Waals surface area (Å²) in [6.07, 6.45) is 5.35. The first-order valence-electron chi connectivity index (χ1n) is 5.19. The molecule has 0 saturated carbocycles. The van der Waals surface area contributed by atoms with Crippen LogP contribution >= 0.6 is 0 Å². The lowest BCUT2D eigenvalue weighted by molar-refractivity contribution is 0.644. The molecule has 0 amide bonds. The van der Waals surface area contributed by atoms with Crippen molar-refractivity contribution in [2.24, 2.45) is 0 Å². The minimum atomic E-state index is -0.833. The Kier molecular flexibility index (Phi) is 2.73. The lowest BCUT2D eigenvalue weighted by atomic mass is 9.99. The fraction of sp³-hybridized carbons (Fsp3) is 0.500. The Morgan fingerprint density at radius 3 is 2.93 bits per heavy atom. The third-order valence-electron chi connectivity index (χ3n) is 3.13. The highest BCUT2D eigenvalue weighted by atomic mass is 32.2. The van der Waals surface area contributed by atoms with Gasteiger partial charge in [-0.05, 0) is 42.4 Å². The molecule has 0 heterocycles. The molecule has 0 aliphatic heterocycles. The van der Waals surface area contributed by atoms with Crippen molar-refractivity contribution >= 4 is 10.8 Å². The van der Waals surface area contributed by atoms with Crippen LogP contribution in [0.2, 0.25) is 0 Å². The van der Waals surface area contributed by atoms with Crippen LogP contribution in [0.3, 0.4) is 0 Å². The Morgan fingerprint density at radius 2 is 2.29 bits per heavy atom. The molecule has 1 aromatic rings. The van der Waals surface area contributed by atoms with E-state index >= 15 is 0 Å². The zero-order valence-corrected chi connectivity index (χ0v) is 9.56. The van der Waals surface area contributed by atoms with E-state index in [4.69, 9.17) is 0 Å². The summed E-state index contributed by atoms with van der Waals surface area (Å²) in [5.74, 6) is 0.644. The van der Waals surface area contributed by atoms with Crippen molar-refractivity contribution in [3.05, 3.63) is 29.3 Å². The van der Waals surface area contributed by atoms with E-state index in [1.54, 1.807) is 6.26 Å². The Bertz CT molecular complexity index is 371. The van der Waals surface area contributed by atoms with Crippen LogP contribution in [-0.2, 0) is 17.2 Å². The molecule has 0 spiro atoms. The van der Waals surface area contributed by atoms with Gasteiger partial charge in [0.2, 0.25) is 0 Å². The number of rotatable bonds is 2. The summed E-state index contributed by atoms with van der Waals surface area (Å²) in [5, 5.41) is 0. The standard InChI is InChI=1S/C12H16OS/c1-3-9-7-8-10-5-4-6-11(12(9)10)14(2)13/h4-6,9H,3,7-8H2,1-2H3. The minimum absolute atomic E-state index is 0.644. The maximum Gasteiger partial charge on any atom is 0.0501 e. The van der Waals surface area contributed by atoms with Gasteiger partial charge in [0.25, 0.3) is 0 Å². The Hall–Kier alpha value is -0.630. The number of aryl methyl sites for hydroxylation is 1. The smallest absolute Gasteiger partial charge is 0.0501 e. The Labute approximate surface area is 88.0 Å². The highest BCUT2D eigenvalue weighted by Gasteiger charge is 2.24. The van der Waals surface area contributed by atoms with Gasteiger partial charge in [-0.1, -0.05) is 19.1 Å². The van der Waals surface area contributed by atoms with Crippen LogP contribution in [-0.4, -0.2) is 10.5 Å². The van der Waals surface area contributed by atoms with Crippen molar-refractivity contribution in [1.29, 1.82) is 0 Å². The fourth-order valence-corrected chi connectivity index (χ4v) is 3.28. The molecule has 14 heavy (non-hydrogen) atoms. The highest BCUT2D eigenvalue weighted by Crippen LogP contribution is 2.38. The molecule has 1 aromatic carbocycles. The van der Waals surface area contributed by atoms with Gasteiger partial charge in [-0.3, -0.25) is 4.21 Å². The molecule has 1 nitrogen and oxygen atoms in total. The fourth-order valence-electron chi connectivity index (χ4n) is 2.40. The second-order valence-corrected chi connectivity index (χ2v) is 5.27. The van der Waals surface area contributed by atoms with Gasteiger partial charge in [-0.25, -0.2) is 0 Å². The van der Waals surface area contributed by atoms with Gasteiger partial charge in [0.15, 0.2) is 0 Å². The third kappa shape index (κ3) is 1.52. The quantitative estimate of drug-likeness (QED) is 0.730. The van der Waals surface area contributed by atoms with E-state index in [0.29, 0.717) is 5.92 Å². The topological polar surface area (TPSA) is 17.1 Å². The van der Waals surface area contributed by atoms with Gasteiger partial charge >= 0.3 is 0 Å². The van der Waals surface area contributed by atoms with E-state index in [1.807, 2.05) is 12.1 Å². The van der Waals surface area contributed by atoms with E-state index in [2.05, 4.69) is 13.0 Å². The zero-order valence-electron chi connectivity index (χ0n) is 8.75. The Balaban J connectivity index is 2.54. The molecule has 0 bridgehead atoms. The van der Waals surface area contributed by atoms with Gasteiger partial charge < -0.3 is 0 Å². The predicted octanol–water partition coefficient (Wildman–Crippen LogP) is 2.86. The predicted molar refractivity (Wildman–Crippen MR) is 60.1 cm³/mol. The lowest BCUT2D eigenvalue weighted by Gasteiger charge is -2.12. The van der Waals surface area contributed by atoms with Crippen LogP contribution in [0.25, 0.3) is 0 Å². The maximum absolute atomic E-state index is 11.6.